The summed E-state index contributed by atoms with van der Waals surface area (Å²) in [6.45, 7) is 2.03. The molecule has 1 amide bonds. The molecule has 0 saturated carbocycles. The van der Waals surface area contributed by atoms with Gasteiger partial charge in [-0.1, -0.05) is 22.4 Å². The number of ether oxygens (including phenoxy) is 1. The van der Waals surface area contributed by atoms with Gasteiger partial charge in [0.2, 0.25) is 5.82 Å². The van der Waals surface area contributed by atoms with Crippen LogP contribution in [0.2, 0.25) is 0 Å². The average Bonchev–Trinajstić information content (AvgIpc) is 3.35. The Bertz CT molecular complexity index is 946. The summed E-state index contributed by atoms with van der Waals surface area (Å²) < 4.78 is 15.0. The van der Waals surface area contributed by atoms with Crippen LogP contribution in [0.5, 0.6) is 0 Å². The molecule has 2 heterocycles. The molecule has 1 N–H and O–H groups in total. The van der Waals surface area contributed by atoms with Crippen LogP contribution in [0, 0.1) is 6.92 Å². The van der Waals surface area contributed by atoms with E-state index in [1.807, 2.05) is 18.2 Å². The zero-order chi connectivity index (χ0) is 18.1. The molecule has 0 aliphatic heterocycles. The van der Waals surface area contributed by atoms with Crippen molar-refractivity contribution in [1.29, 1.82) is 0 Å². The third-order valence-electron chi connectivity index (χ3n) is 4.51. The first-order valence-corrected chi connectivity index (χ1v) is 8.32. The SMILES string of the molecule is COCc1nc(-c2ccc3c(c2)CCC3NC(=O)c2conc2C)no1. The van der Waals surface area contributed by atoms with Gasteiger partial charge >= 0.3 is 0 Å². The molecule has 0 bridgehead atoms. The van der Waals surface area contributed by atoms with Crippen LogP contribution in [0.3, 0.4) is 0 Å². The number of fused-ring (bicyclic) bond motifs is 1. The molecular formula is C18H18N4O4. The van der Waals surface area contributed by atoms with Gasteiger partial charge in [0.1, 0.15) is 18.4 Å². The standard InChI is InChI=1S/C18H18N4O4/c1-10-14(8-25-21-10)18(23)19-15-6-4-11-7-12(3-5-13(11)15)17-20-16(9-24-2)26-22-17/h3,5,7-8,15H,4,6,9H2,1-2H3,(H,19,23). The van der Waals surface area contributed by atoms with Crippen LogP contribution in [0.4, 0.5) is 0 Å². The van der Waals surface area contributed by atoms with E-state index in [-0.39, 0.29) is 18.6 Å². The number of methoxy groups -OCH3 is 1. The molecule has 0 fully saturated rings. The number of aromatic nitrogens is 3. The van der Waals surface area contributed by atoms with Crippen LogP contribution in [0.15, 0.2) is 33.5 Å². The summed E-state index contributed by atoms with van der Waals surface area (Å²) in [5.41, 5.74) is 4.22. The number of carbonyl (C=O) groups is 1. The molecule has 0 spiro atoms. The second-order valence-electron chi connectivity index (χ2n) is 6.24. The summed E-state index contributed by atoms with van der Waals surface area (Å²) in [6, 6.07) is 5.97. The van der Waals surface area contributed by atoms with Gasteiger partial charge in [-0.3, -0.25) is 4.79 Å². The Hall–Kier alpha value is -3.00. The molecule has 4 rings (SSSR count). The Morgan fingerprint density at radius 1 is 1.38 bits per heavy atom. The van der Waals surface area contributed by atoms with Crippen LogP contribution >= 0.6 is 0 Å². The smallest absolute Gasteiger partial charge is 0.256 e. The quantitative estimate of drug-likeness (QED) is 0.751. The van der Waals surface area contributed by atoms with Crippen LogP contribution < -0.4 is 5.32 Å². The van der Waals surface area contributed by atoms with Crippen molar-refractivity contribution in [2.45, 2.75) is 32.4 Å². The number of rotatable bonds is 5. The lowest BCUT2D eigenvalue weighted by Crippen LogP contribution is -2.27. The minimum atomic E-state index is -0.173. The minimum absolute atomic E-state index is 0.0322. The molecule has 0 radical (unpaired) electrons. The third-order valence-corrected chi connectivity index (χ3v) is 4.51. The van der Waals surface area contributed by atoms with Crippen LogP contribution in [-0.4, -0.2) is 28.3 Å². The summed E-state index contributed by atoms with van der Waals surface area (Å²) in [5, 5.41) is 10.8. The molecule has 3 aromatic rings. The maximum absolute atomic E-state index is 12.4. The van der Waals surface area contributed by atoms with E-state index in [0.29, 0.717) is 23.0 Å². The lowest BCUT2D eigenvalue weighted by Gasteiger charge is -2.13. The van der Waals surface area contributed by atoms with E-state index < -0.39 is 0 Å². The summed E-state index contributed by atoms with van der Waals surface area (Å²) in [5.74, 6) is 0.803. The van der Waals surface area contributed by atoms with Gasteiger partial charge in [0, 0.05) is 12.7 Å². The van der Waals surface area contributed by atoms with Gasteiger partial charge in [-0.05, 0) is 37.0 Å². The van der Waals surface area contributed by atoms with Crippen molar-refractivity contribution in [2.24, 2.45) is 0 Å². The fourth-order valence-electron chi connectivity index (χ4n) is 3.21. The van der Waals surface area contributed by atoms with E-state index >= 15 is 0 Å². The minimum Gasteiger partial charge on any atom is -0.375 e. The topological polar surface area (TPSA) is 103 Å². The molecule has 134 valence electrons. The number of amides is 1. The lowest BCUT2D eigenvalue weighted by atomic mass is 10.0. The highest BCUT2D eigenvalue weighted by atomic mass is 16.5. The Kier molecular flexibility index (Phi) is 4.26. The number of hydrogen-bond acceptors (Lipinski definition) is 7. The Balaban J connectivity index is 1.52. The number of nitrogens with zero attached hydrogens (tertiary/aromatic N) is 3. The van der Waals surface area contributed by atoms with E-state index in [4.69, 9.17) is 13.8 Å². The number of hydrogen-bond donors (Lipinski definition) is 1. The highest BCUT2D eigenvalue weighted by Crippen LogP contribution is 2.34. The van der Waals surface area contributed by atoms with Crippen molar-refractivity contribution in [3.8, 4) is 11.4 Å². The normalized spacial score (nSPS) is 15.8. The van der Waals surface area contributed by atoms with Gasteiger partial charge in [0.25, 0.3) is 11.8 Å². The largest absolute Gasteiger partial charge is 0.375 e. The predicted molar refractivity (Wildman–Crippen MR) is 90.2 cm³/mol. The average molecular weight is 354 g/mol. The molecule has 1 aliphatic carbocycles. The van der Waals surface area contributed by atoms with Crippen molar-refractivity contribution in [2.75, 3.05) is 7.11 Å². The van der Waals surface area contributed by atoms with E-state index in [9.17, 15) is 4.79 Å². The Morgan fingerprint density at radius 3 is 3.04 bits per heavy atom. The van der Waals surface area contributed by atoms with Crippen LogP contribution in [0.25, 0.3) is 11.4 Å². The van der Waals surface area contributed by atoms with Gasteiger partial charge < -0.3 is 19.1 Å². The zero-order valence-corrected chi connectivity index (χ0v) is 14.5. The Morgan fingerprint density at radius 2 is 2.27 bits per heavy atom. The molecule has 1 aliphatic rings. The first kappa shape index (κ1) is 16.5. The number of nitrogens with one attached hydrogen (secondary N) is 1. The van der Waals surface area contributed by atoms with Crippen molar-refractivity contribution in [3.63, 3.8) is 0 Å². The second-order valence-corrected chi connectivity index (χ2v) is 6.24. The molecule has 8 nitrogen and oxygen atoms in total. The molecule has 1 unspecified atom stereocenters. The molecule has 1 atom stereocenters. The van der Waals surface area contributed by atoms with E-state index in [1.54, 1.807) is 14.0 Å². The van der Waals surface area contributed by atoms with Crippen molar-refractivity contribution in [3.05, 3.63) is 52.7 Å². The predicted octanol–water partition coefficient (Wildman–Crippen LogP) is 2.60. The molecule has 8 heteroatoms. The second kappa shape index (κ2) is 6.72. The van der Waals surface area contributed by atoms with Gasteiger partial charge in [-0.25, -0.2) is 0 Å². The summed E-state index contributed by atoms with van der Waals surface area (Å²) in [6.07, 6.45) is 3.09. The third kappa shape index (κ3) is 2.99. The Labute approximate surface area is 149 Å². The first-order chi connectivity index (χ1) is 12.7. The van der Waals surface area contributed by atoms with Crippen LogP contribution in [-0.2, 0) is 17.8 Å². The fraction of sp³-hybridized carbons (Fsp3) is 0.333. The van der Waals surface area contributed by atoms with Gasteiger partial charge in [0.05, 0.1) is 11.7 Å². The number of carbonyl (C=O) groups excluding carboxylic acids is 1. The van der Waals surface area contributed by atoms with Gasteiger partial charge in [-0.2, -0.15) is 4.98 Å². The fourth-order valence-corrected chi connectivity index (χ4v) is 3.21. The summed E-state index contributed by atoms with van der Waals surface area (Å²) >= 11 is 0. The van der Waals surface area contributed by atoms with E-state index in [1.165, 1.54) is 11.8 Å². The highest BCUT2D eigenvalue weighted by Gasteiger charge is 2.26. The number of benzene rings is 1. The molecule has 1 aromatic carbocycles. The van der Waals surface area contributed by atoms with Crippen molar-refractivity contribution >= 4 is 5.91 Å². The van der Waals surface area contributed by atoms with Crippen molar-refractivity contribution < 1.29 is 18.6 Å². The zero-order valence-electron chi connectivity index (χ0n) is 14.5. The highest BCUT2D eigenvalue weighted by molar-refractivity contribution is 5.95. The maximum atomic E-state index is 12.4. The molecule has 26 heavy (non-hydrogen) atoms. The van der Waals surface area contributed by atoms with Crippen molar-refractivity contribution in [1.82, 2.24) is 20.6 Å². The van der Waals surface area contributed by atoms with E-state index in [2.05, 4.69) is 20.6 Å². The van der Waals surface area contributed by atoms with Crippen LogP contribution in [0.1, 0.15) is 45.5 Å². The van der Waals surface area contributed by atoms with E-state index in [0.717, 1.165) is 24.0 Å². The molecule has 2 aromatic heterocycles. The first-order valence-electron chi connectivity index (χ1n) is 8.32. The molecule has 0 saturated heterocycles. The number of aryl methyl sites for hydroxylation is 2. The summed E-state index contributed by atoms with van der Waals surface area (Å²) in [7, 11) is 1.58. The maximum Gasteiger partial charge on any atom is 0.256 e. The molecular weight excluding hydrogens is 336 g/mol. The van der Waals surface area contributed by atoms with Gasteiger partial charge in [-0.15, -0.1) is 0 Å². The summed E-state index contributed by atoms with van der Waals surface area (Å²) in [4.78, 5) is 16.7. The monoisotopic (exact) mass is 354 g/mol. The lowest BCUT2D eigenvalue weighted by molar-refractivity contribution is 0.0935. The van der Waals surface area contributed by atoms with Gasteiger partial charge in [0.15, 0.2) is 0 Å².